The second-order valence-electron chi connectivity index (χ2n) is 8.09. The zero-order chi connectivity index (χ0) is 20.4. The van der Waals surface area contributed by atoms with Crippen LogP contribution < -0.4 is 0 Å². The van der Waals surface area contributed by atoms with Gasteiger partial charge in [-0.2, -0.15) is 5.10 Å². The van der Waals surface area contributed by atoms with Crippen LogP contribution >= 0.6 is 0 Å². The zero-order valence-corrected chi connectivity index (χ0v) is 17.4. The largest absolute Gasteiger partial charge is 0.450 e. The number of carbonyl (C=O) groups excluding carboxylic acids is 1. The van der Waals surface area contributed by atoms with E-state index in [-0.39, 0.29) is 11.9 Å². The number of likely N-dealkylation sites (tertiary alicyclic amines) is 2. The Hall–Kier alpha value is -2.15. The third kappa shape index (κ3) is 4.10. The van der Waals surface area contributed by atoms with E-state index in [4.69, 9.17) is 9.84 Å². The Balaban J connectivity index is 1.37. The molecule has 2 fully saturated rings. The summed E-state index contributed by atoms with van der Waals surface area (Å²) in [6.07, 6.45) is 3.99. The molecule has 0 bridgehead atoms. The number of rotatable bonds is 4. The van der Waals surface area contributed by atoms with Crippen LogP contribution in [0, 0.1) is 5.82 Å². The normalized spacial score (nSPS) is 19.8. The SMILES string of the molecule is CCOC(=O)N1CCC(N2CCC(c3nn(CC)c4cc(F)ccc34)CC2)CC1. The van der Waals surface area contributed by atoms with Gasteiger partial charge in [-0.05, 0) is 70.8 Å². The predicted octanol–water partition coefficient (Wildman–Crippen LogP) is 4.00. The van der Waals surface area contributed by atoms with E-state index >= 15 is 0 Å². The molecule has 1 aromatic carbocycles. The maximum Gasteiger partial charge on any atom is 0.409 e. The molecule has 3 heterocycles. The Bertz CT molecular complexity index is 852. The molecule has 1 aromatic heterocycles. The second-order valence-corrected chi connectivity index (χ2v) is 8.09. The molecule has 2 aromatic rings. The van der Waals surface area contributed by atoms with Crippen molar-refractivity contribution in [3.8, 4) is 0 Å². The smallest absolute Gasteiger partial charge is 0.409 e. The van der Waals surface area contributed by atoms with E-state index in [1.807, 2.05) is 29.5 Å². The predicted molar refractivity (Wildman–Crippen MR) is 111 cm³/mol. The standard InChI is InChI=1S/C22H31FN4O2/c1-3-27-20-15-17(23)5-6-19(20)21(24-27)16-7-11-25(12-8-16)18-9-13-26(14-10-18)22(28)29-4-2/h5-6,15-16,18H,3-4,7-14H2,1-2H3. The highest BCUT2D eigenvalue weighted by molar-refractivity contribution is 5.82. The first-order valence-corrected chi connectivity index (χ1v) is 10.9. The van der Waals surface area contributed by atoms with Crippen LogP contribution in [0.3, 0.4) is 0 Å². The first kappa shape index (κ1) is 20.1. The molecule has 0 atom stereocenters. The van der Waals surface area contributed by atoms with E-state index in [2.05, 4.69) is 4.90 Å². The number of fused-ring (bicyclic) bond motifs is 1. The fourth-order valence-corrected chi connectivity index (χ4v) is 4.88. The van der Waals surface area contributed by atoms with Crippen molar-refractivity contribution in [2.75, 3.05) is 32.8 Å². The molecule has 0 aliphatic carbocycles. The number of amides is 1. The number of carbonyl (C=O) groups is 1. The number of piperidine rings is 2. The highest BCUT2D eigenvalue weighted by Gasteiger charge is 2.31. The van der Waals surface area contributed by atoms with Gasteiger partial charge in [0.2, 0.25) is 0 Å². The van der Waals surface area contributed by atoms with Crippen LogP contribution in [0.4, 0.5) is 9.18 Å². The maximum atomic E-state index is 13.7. The molecule has 6 nitrogen and oxygen atoms in total. The molecule has 0 spiro atoms. The summed E-state index contributed by atoms with van der Waals surface area (Å²) >= 11 is 0. The molecule has 0 unspecified atom stereocenters. The minimum absolute atomic E-state index is 0.181. The maximum absolute atomic E-state index is 13.7. The fourth-order valence-electron chi connectivity index (χ4n) is 4.88. The summed E-state index contributed by atoms with van der Waals surface area (Å²) in [6, 6.07) is 5.57. The number of aryl methyl sites for hydroxylation is 1. The summed E-state index contributed by atoms with van der Waals surface area (Å²) in [6.45, 7) is 8.73. The monoisotopic (exact) mass is 402 g/mol. The molecule has 0 radical (unpaired) electrons. The topological polar surface area (TPSA) is 50.6 Å². The van der Waals surface area contributed by atoms with Crippen molar-refractivity contribution in [1.82, 2.24) is 19.6 Å². The third-order valence-electron chi connectivity index (χ3n) is 6.46. The van der Waals surface area contributed by atoms with Crippen molar-refractivity contribution in [2.45, 2.75) is 58.0 Å². The van der Waals surface area contributed by atoms with Crippen LogP contribution in [0.2, 0.25) is 0 Å². The molecular weight excluding hydrogens is 371 g/mol. The van der Waals surface area contributed by atoms with E-state index < -0.39 is 0 Å². The Kier molecular flexibility index (Phi) is 6.04. The molecule has 7 heteroatoms. The molecule has 2 aliphatic heterocycles. The average molecular weight is 403 g/mol. The first-order valence-electron chi connectivity index (χ1n) is 10.9. The summed E-state index contributed by atoms with van der Waals surface area (Å²) in [7, 11) is 0. The lowest BCUT2D eigenvalue weighted by Crippen LogP contribution is -2.49. The molecule has 2 saturated heterocycles. The van der Waals surface area contributed by atoms with Gasteiger partial charge in [-0.15, -0.1) is 0 Å². The minimum Gasteiger partial charge on any atom is -0.450 e. The van der Waals surface area contributed by atoms with E-state index in [1.165, 1.54) is 0 Å². The number of halogens is 1. The zero-order valence-electron chi connectivity index (χ0n) is 17.4. The lowest BCUT2D eigenvalue weighted by molar-refractivity contribution is 0.0661. The highest BCUT2D eigenvalue weighted by atomic mass is 19.1. The van der Waals surface area contributed by atoms with Crippen LogP contribution in [0.15, 0.2) is 18.2 Å². The van der Waals surface area contributed by atoms with Gasteiger partial charge in [-0.3, -0.25) is 4.68 Å². The summed E-state index contributed by atoms with van der Waals surface area (Å²) in [5.74, 6) is 0.217. The van der Waals surface area contributed by atoms with Gasteiger partial charge in [-0.25, -0.2) is 9.18 Å². The minimum atomic E-state index is -0.206. The van der Waals surface area contributed by atoms with Crippen molar-refractivity contribution in [3.63, 3.8) is 0 Å². The van der Waals surface area contributed by atoms with Crippen LogP contribution in [0.5, 0.6) is 0 Å². The number of aromatic nitrogens is 2. The van der Waals surface area contributed by atoms with E-state index in [1.54, 1.807) is 12.1 Å². The molecule has 0 saturated carbocycles. The van der Waals surface area contributed by atoms with Crippen molar-refractivity contribution in [1.29, 1.82) is 0 Å². The highest BCUT2D eigenvalue weighted by Crippen LogP contribution is 2.34. The van der Waals surface area contributed by atoms with Crippen molar-refractivity contribution in [2.24, 2.45) is 0 Å². The van der Waals surface area contributed by atoms with Gasteiger partial charge >= 0.3 is 6.09 Å². The first-order chi connectivity index (χ1) is 14.1. The fraction of sp³-hybridized carbons (Fsp3) is 0.636. The lowest BCUT2D eigenvalue weighted by atomic mass is 9.90. The average Bonchev–Trinajstić information content (AvgIpc) is 3.12. The van der Waals surface area contributed by atoms with Crippen LogP contribution in [0.1, 0.15) is 51.1 Å². The van der Waals surface area contributed by atoms with E-state index in [9.17, 15) is 9.18 Å². The van der Waals surface area contributed by atoms with Gasteiger partial charge in [-0.1, -0.05) is 0 Å². The lowest BCUT2D eigenvalue weighted by Gasteiger charge is -2.41. The van der Waals surface area contributed by atoms with Gasteiger partial charge in [0.05, 0.1) is 17.8 Å². The quantitative estimate of drug-likeness (QED) is 0.776. The third-order valence-corrected chi connectivity index (χ3v) is 6.46. The molecular formula is C22H31FN4O2. The summed E-state index contributed by atoms with van der Waals surface area (Å²) in [4.78, 5) is 16.3. The number of hydrogen-bond acceptors (Lipinski definition) is 4. The van der Waals surface area contributed by atoms with Crippen LogP contribution in [0.25, 0.3) is 10.9 Å². The molecule has 1 amide bonds. The van der Waals surface area contributed by atoms with Gasteiger partial charge in [0.1, 0.15) is 5.82 Å². The van der Waals surface area contributed by atoms with Crippen molar-refractivity contribution < 1.29 is 13.9 Å². The van der Waals surface area contributed by atoms with E-state index in [0.717, 1.165) is 75.0 Å². The van der Waals surface area contributed by atoms with Crippen molar-refractivity contribution >= 4 is 17.0 Å². The molecule has 29 heavy (non-hydrogen) atoms. The van der Waals surface area contributed by atoms with Gasteiger partial charge in [0, 0.05) is 37.0 Å². The van der Waals surface area contributed by atoms with Gasteiger partial charge in [0.25, 0.3) is 0 Å². The van der Waals surface area contributed by atoms with Gasteiger partial charge < -0.3 is 14.5 Å². The Morgan fingerprint density at radius 2 is 1.86 bits per heavy atom. The van der Waals surface area contributed by atoms with Crippen LogP contribution in [-0.4, -0.2) is 64.5 Å². The number of hydrogen-bond donors (Lipinski definition) is 0. The summed E-state index contributed by atoms with van der Waals surface area (Å²) in [5, 5.41) is 5.92. The van der Waals surface area contributed by atoms with Gasteiger partial charge in [0.15, 0.2) is 0 Å². The van der Waals surface area contributed by atoms with Crippen LogP contribution in [-0.2, 0) is 11.3 Å². The van der Waals surface area contributed by atoms with Crippen molar-refractivity contribution in [3.05, 3.63) is 29.7 Å². The summed E-state index contributed by atoms with van der Waals surface area (Å²) in [5.41, 5.74) is 2.02. The van der Waals surface area contributed by atoms with E-state index in [0.29, 0.717) is 18.6 Å². The number of benzene rings is 1. The molecule has 158 valence electrons. The Labute approximate surface area is 171 Å². The summed E-state index contributed by atoms with van der Waals surface area (Å²) < 4.78 is 20.7. The number of ether oxygens (including phenoxy) is 1. The number of nitrogens with zero attached hydrogens (tertiary/aromatic N) is 4. The molecule has 4 rings (SSSR count). The Morgan fingerprint density at radius 3 is 2.52 bits per heavy atom. The Morgan fingerprint density at radius 1 is 1.14 bits per heavy atom. The molecule has 0 N–H and O–H groups in total. The molecule has 2 aliphatic rings. The second kappa shape index (κ2) is 8.69.